The Labute approximate surface area is 198 Å². The van der Waals surface area contributed by atoms with E-state index in [0.717, 1.165) is 36.2 Å². The number of rotatable bonds is 6. The Morgan fingerprint density at radius 2 is 1.82 bits per heavy atom. The summed E-state index contributed by atoms with van der Waals surface area (Å²) >= 11 is 0. The Hall–Kier alpha value is -3.67. The standard InChI is InChI=1S/C28H27FN2O3/c1-18(20-9-11-21(12-10-20)27(33)34-2)30-26(32)23-7-4-8-24-25(23)31(17-28(24)13-14-28)16-19-5-3-6-22(29)15-19/h3-12,15,18H,13-14,16-17H2,1-2H3,(H,30,32). The fourth-order valence-corrected chi connectivity index (χ4v) is 4.98. The van der Waals surface area contributed by atoms with E-state index in [1.807, 2.05) is 37.3 Å². The normalized spacial score (nSPS) is 16.1. The number of methoxy groups -OCH3 is 1. The second-order valence-electron chi connectivity index (χ2n) is 9.28. The van der Waals surface area contributed by atoms with Gasteiger partial charge in [-0.05, 0) is 66.8 Å². The molecule has 0 saturated heterocycles. The van der Waals surface area contributed by atoms with E-state index in [-0.39, 0.29) is 23.2 Å². The Balaban J connectivity index is 1.40. The number of nitrogens with zero attached hydrogens (tertiary/aromatic N) is 1. The number of amides is 1. The van der Waals surface area contributed by atoms with Crippen LogP contribution in [0, 0.1) is 5.82 Å². The predicted molar refractivity (Wildman–Crippen MR) is 128 cm³/mol. The maximum atomic E-state index is 13.8. The average Bonchev–Trinajstić information content (AvgIpc) is 3.56. The molecule has 1 atom stereocenters. The van der Waals surface area contributed by atoms with E-state index >= 15 is 0 Å². The molecule has 3 aromatic carbocycles. The summed E-state index contributed by atoms with van der Waals surface area (Å²) in [6, 6.07) is 19.4. The topological polar surface area (TPSA) is 58.6 Å². The minimum atomic E-state index is -0.393. The molecule has 34 heavy (non-hydrogen) atoms. The number of halogens is 1. The van der Waals surface area contributed by atoms with Gasteiger partial charge in [0, 0.05) is 18.5 Å². The van der Waals surface area contributed by atoms with E-state index in [0.29, 0.717) is 17.7 Å². The van der Waals surface area contributed by atoms with Gasteiger partial charge < -0.3 is 15.0 Å². The highest BCUT2D eigenvalue weighted by atomic mass is 19.1. The minimum absolute atomic E-state index is 0.105. The van der Waals surface area contributed by atoms with Crippen LogP contribution in [-0.4, -0.2) is 25.5 Å². The first-order valence-electron chi connectivity index (χ1n) is 11.5. The van der Waals surface area contributed by atoms with Gasteiger partial charge in [0.05, 0.1) is 30.0 Å². The van der Waals surface area contributed by atoms with Gasteiger partial charge in [0.2, 0.25) is 0 Å². The van der Waals surface area contributed by atoms with E-state index in [1.54, 1.807) is 24.3 Å². The predicted octanol–water partition coefficient (Wildman–Crippen LogP) is 5.16. The first-order chi connectivity index (χ1) is 16.4. The summed E-state index contributed by atoms with van der Waals surface area (Å²) in [5.74, 6) is -0.796. The Bertz CT molecular complexity index is 1250. The molecule has 1 unspecified atom stereocenters. The summed E-state index contributed by atoms with van der Waals surface area (Å²) in [6.07, 6.45) is 2.21. The van der Waals surface area contributed by atoms with E-state index in [9.17, 15) is 14.0 Å². The summed E-state index contributed by atoms with van der Waals surface area (Å²) in [4.78, 5) is 27.3. The first kappa shape index (κ1) is 22.1. The van der Waals surface area contributed by atoms with Gasteiger partial charge in [-0.25, -0.2) is 9.18 Å². The molecule has 1 saturated carbocycles. The smallest absolute Gasteiger partial charge is 0.337 e. The van der Waals surface area contributed by atoms with Gasteiger partial charge >= 0.3 is 5.97 Å². The molecule has 1 aliphatic heterocycles. The second kappa shape index (κ2) is 8.60. The molecule has 174 valence electrons. The van der Waals surface area contributed by atoms with Crippen LogP contribution in [0.15, 0.2) is 66.7 Å². The molecule has 0 aromatic heterocycles. The van der Waals surface area contributed by atoms with Gasteiger partial charge in [-0.3, -0.25) is 4.79 Å². The van der Waals surface area contributed by atoms with Crippen LogP contribution >= 0.6 is 0 Å². The molecule has 6 heteroatoms. The number of ether oxygens (including phenoxy) is 1. The fourth-order valence-electron chi connectivity index (χ4n) is 4.98. The summed E-state index contributed by atoms with van der Waals surface area (Å²) in [5.41, 5.74) is 5.15. The van der Waals surface area contributed by atoms with Crippen LogP contribution in [0.2, 0.25) is 0 Å². The minimum Gasteiger partial charge on any atom is -0.465 e. The molecule has 3 aromatic rings. The molecule has 1 amide bonds. The number of benzene rings is 3. The van der Waals surface area contributed by atoms with Gasteiger partial charge in [0.15, 0.2) is 0 Å². The number of carbonyl (C=O) groups is 2. The SMILES string of the molecule is COC(=O)c1ccc(C(C)NC(=O)c2cccc3c2N(Cc2cccc(F)c2)CC32CC2)cc1. The van der Waals surface area contributed by atoms with E-state index in [1.165, 1.54) is 18.7 Å². The number of hydrogen-bond donors (Lipinski definition) is 1. The monoisotopic (exact) mass is 458 g/mol. The van der Waals surface area contributed by atoms with Crippen LogP contribution in [0.4, 0.5) is 10.1 Å². The zero-order chi connectivity index (χ0) is 23.9. The third-order valence-electron chi connectivity index (χ3n) is 6.96. The van der Waals surface area contributed by atoms with Gasteiger partial charge in [0.1, 0.15) is 5.82 Å². The molecule has 2 aliphatic rings. The van der Waals surface area contributed by atoms with Crippen molar-refractivity contribution < 1.29 is 18.7 Å². The number of anilines is 1. The van der Waals surface area contributed by atoms with Crippen molar-refractivity contribution in [3.05, 3.63) is 100 Å². The lowest BCUT2D eigenvalue weighted by Crippen LogP contribution is -2.29. The molecular formula is C28H27FN2O3. The lowest BCUT2D eigenvalue weighted by atomic mass is 9.96. The first-order valence-corrected chi connectivity index (χ1v) is 11.5. The van der Waals surface area contributed by atoms with Crippen molar-refractivity contribution in [2.24, 2.45) is 0 Å². The zero-order valence-corrected chi connectivity index (χ0v) is 19.3. The van der Waals surface area contributed by atoms with Crippen molar-refractivity contribution >= 4 is 17.6 Å². The van der Waals surface area contributed by atoms with E-state index < -0.39 is 5.97 Å². The molecule has 1 heterocycles. The largest absolute Gasteiger partial charge is 0.465 e. The zero-order valence-electron chi connectivity index (χ0n) is 19.3. The highest BCUT2D eigenvalue weighted by molar-refractivity contribution is 6.01. The Morgan fingerprint density at radius 3 is 2.50 bits per heavy atom. The van der Waals surface area contributed by atoms with Crippen LogP contribution in [0.5, 0.6) is 0 Å². The summed E-state index contributed by atoms with van der Waals surface area (Å²) in [5, 5.41) is 3.10. The third-order valence-corrected chi connectivity index (χ3v) is 6.96. The number of hydrogen-bond acceptors (Lipinski definition) is 4. The second-order valence-corrected chi connectivity index (χ2v) is 9.28. The van der Waals surface area contributed by atoms with Crippen LogP contribution in [-0.2, 0) is 16.7 Å². The van der Waals surface area contributed by atoms with Crippen LogP contribution in [0.1, 0.15) is 63.2 Å². The van der Waals surface area contributed by atoms with Crippen LogP contribution < -0.4 is 10.2 Å². The van der Waals surface area contributed by atoms with E-state index in [2.05, 4.69) is 16.3 Å². The molecule has 5 nitrogen and oxygen atoms in total. The van der Waals surface area contributed by atoms with Crippen molar-refractivity contribution in [1.29, 1.82) is 0 Å². The average molecular weight is 459 g/mol. The molecular weight excluding hydrogens is 431 g/mol. The lowest BCUT2D eigenvalue weighted by Gasteiger charge is -2.23. The summed E-state index contributed by atoms with van der Waals surface area (Å²) in [6.45, 7) is 3.32. The molecule has 1 N–H and O–H groups in total. The number of nitrogens with one attached hydrogen (secondary N) is 1. The van der Waals surface area contributed by atoms with Gasteiger partial charge in [-0.2, -0.15) is 0 Å². The molecule has 5 rings (SSSR count). The summed E-state index contributed by atoms with van der Waals surface area (Å²) < 4.78 is 18.5. The van der Waals surface area contributed by atoms with Crippen LogP contribution in [0.3, 0.4) is 0 Å². The number of esters is 1. The molecule has 0 radical (unpaired) electrons. The van der Waals surface area contributed by atoms with Gasteiger partial charge in [0.25, 0.3) is 5.91 Å². The third kappa shape index (κ3) is 4.04. The van der Waals surface area contributed by atoms with Crippen molar-refractivity contribution in [3.8, 4) is 0 Å². The van der Waals surface area contributed by atoms with Crippen molar-refractivity contribution in [1.82, 2.24) is 5.32 Å². The highest BCUT2D eigenvalue weighted by Gasteiger charge is 2.52. The molecule has 1 fully saturated rings. The quantitative estimate of drug-likeness (QED) is 0.519. The number of para-hydroxylation sites is 1. The maximum absolute atomic E-state index is 13.8. The maximum Gasteiger partial charge on any atom is 0.337 e. The van der Waals surface area contributed by atoms with Gasteiger partial charge in [-0.1, -0.05) is 36.4 Å². The Kier molecular flexibility index (Phi) is 5.60. The molecule has 1 spiro atoms. The highest BCUT2D eigenvalue weighted by Crippen LogP contribution is 2.57. The van der Waals surface area contributed by atoms with Crippen molar-refractivity contribution in [2.45, 2.75) is 37.8 Å². The molecule has 1 aliphatic carbocycles. The van der Waals surface area contributed by atoms with Crippen molar-refractivity contribution in [3.63, 3.8) is 0 Å². The number of fused-ring (bicyclic) bond motifs is 2. The summed E-state index contributed by atoms with van der Waals surface area (Å²) in [7, 11) is 1.35. The Morgan fingerprint density at radius 1 is 1.09 bits per heavy atom. The fraction of sp³-hybridized carbons (Fsp3) is 0.286. The van der Waals surface area contributed by atoms with Gasteiger partial charge in [-0.15, -0.1) is 0 Å². The van der Waals surface area contributed by atoms with Crippen molar-refractivity contribution in [2.75, 3.05) is 18.6 Å². The van der Waals surface area contributed by atoms with E-state index in [4.69, 9.17) is 4.74 Å². The van der Waals surface area contributed by atoms with Crippen LogP contribution in [0.25, 0.3) is 0 Å². The molecule has 0 bridgehead atoms. The number of carbonyl (C=O) groups excluding carboxylic acids is 2. The lowest BCUT2D eigenvalue weighted by molar-refractivity contribution is 0.0600.